The molecule has 19 heavy (non-hydrogen) atoms. The van der Waals surface area contributed by atoms with Crippen LogP contribution in [0.3, 0.4) is 0 Å². The Labute approximate surface area is 119 Å². The van der Waals surface area contributed by atoms with Crippen molar-refractivity contribution in [3.8, 4) is 0 Å². The van der Waals surface area contributed by atoms with E-state index >= 15 is 0 Å². The van der Waals surface area contributed by atoms with Gasteiger partial charge in [0.25, 0.3) is 5.91 Å². The molecule has 6 heteroatoms. The molecule has 0 radical (unpaired) electrons. The van der Waals surface area contributed by atoms with Crippen molar-refractivity contribution in [2.24, 2.45) is 5.92 Å². The number of carboxylic acid groups (broad SMARTS) is 1. The predicted octanol–water partition coefficient (Wildman–Crippen LogP) is 2.81. The lowest BCUT2D eigenvalue weighted by Crippen LogP contribution is -2.42. The number of amides is 1. The summed E-state index contributed by atoms with van der Waals surface area (Å²) in [5, 5.41) is 12.0. The fourth-order valence-electron chi connectivity index (χ4n) is 2.47. The molecule has 0 aliphatic heterocycles. The van der Waals surface area contributed by atoms with E-state index < -0.39 is 11.9 Å². The van der Waals surface area contributed by atoms with E-state index in [9.17, 15) is 14.7 Å². The molecule has 1 aromatic rings. The van der Waals surface area contributed by atoms with E-state index in [1.807, 2.05) is 0 Å². The molecule has 0 spiro atoms. The van der Waals surface area contributed by atoms with E-state index in [-0.39, 0.29) is 17.7 Å². The Kier molecular flexibility index (Phi) is 4.63. The molecule has 0 unspecified atom stereocenters. The fourth-order valence-corrected chi connectivity index (χ4v) is 2.85. The number of hydrogen-bond acceptors (Lipinski definition) is 3. The number of aliphatic carboxylic acids is 1. The van der Waals surface area contributed by atoms with Crippen LogP contribution in [0, 0.1) is 5.92 Å². The molecule has 0 aromatic carbocycles. The Morgan fingerprint density at radius 1 is 1.32 bits per heavy atom. The molecule has 2 rings (SSSR count). The summed E-state index contributed by atoms with van der Waals surface area (Å²) in [4.78, 5) is 23.3. The summed E-state index contributed by atoms with van der Waals surface area (Å²) in [7, 11) is 0. The van der Waals surface area contributed by atoms with Gasteiger partial charge in [-0.3, -0.25) is 9.59 Å². The standard InChI is InChI=1S/C13H16BrNO4/c14-9-6-7-19-11(9)12(16)15-10-5-3-1-2-4-8(10)13(17)18/h6-8,10H,1-5H2,(H,15,16)(H,17,18)/t8-,10+/m1/s1. The molecule has 2 atom stereocenters. The normalized spacial score (nSPS) is 23.6. The first-order valence-electron chi connectivity index (χ1n) is 6.36. The summed E-state index contributed by atoms with van der Waals surface area (Å²) in [5.41, 5.74) is 0. The molecule has 1 aliphatic rings. The highest BCUT2D eigenvalue weighted by Crippen LogP contribution is 2.25. The van der Waals surface area contributed by atoms with Crippen molar-refractivity contribution in [1.29, 1.82) is 0 Å². The van der Waals surface area contributed by atoms with Crippen molar-refractivity contribution in [2.75, 3.05) is 0 Å². The van der Waals surface area contributed by atoms with Crippen LogP contribution in [0.15, 0.2) is 21.2 Å². The van der Waals surface area contributed by atoms with E-state index in [1.54, 1.807) is 6.07 Å². The van der Waals surface area contributed by atoms with Crippen LogP contribution in [0.4, 0.5) is 0 Å². The quantitative estimate of drug-likeness (QED) is 0.835. The third-order valence-electron chi connectivity index (χ3n) is 3.47. The number of rotatable bonds is 3. The van der Waals surface area contributed by atoms with Gasteiger partial charge in [0.1, 0.15) is 0 Å². The molecule has 1 fully saturated rings. The smallest absolute Gasteiger partial charge is 0.308 e. The van der Waals surface area contributed by atoms with Crippen LogP contribution in [-0.4, -0.2) is 23.0 Å². The number of carbonyl (C=O) groups excluding carboxylic acids is 1. The number of furan rings is 1. The summed E-state index contributed by atoms with van der Waals surface area (Å²) >= 11 is 3.22. The first-order valence-corrected chi connectivity index (χ1v) is 7.15. The van der Waals surface area contributed by atoms with Gasteiger partial charge in [-0.2, -0.15) is 0 Å². The fraction of sp³-hybridized carbons (Fsp3) is 0.538. The predicted molar refractivity (Wildman–Crippen MR) is 71.9 cm³/mol. The Balaban J connectivity index is 2.08. The van der Waals surface area contributed by atoms with Gasteiger partial charge >= 0.3 is 5.97 Å². The molecule has 1 aliphatic carbocycles. The minimum absolute atomic E-state index is 0.188. The summed E-state index contributed by atoms with van der Waals surface area (Å²) in [6, 6.07) is 1.31. The van der Waals surface area contributed by atoms with E-state index in [2.05, 4.69) is 21.2 Å². The summed E-state index contributed by atoms with van der Waals surface area (Å²) in [5.74, 6) is -1.53. The van der Waals surface area contributed by atoms with E-state index in [0.717, 1.165) is 19.3 Å². The van der Waals surface area contributed by atoms with Gasteiger partial charge in [0.05, 0.1) is 16.7 Å². The second-order valence-electron chi connectivity index (χ2n) is 4.76. The molecule has 1 aromatic heterocycles. The third-order valence-corrected chi connectivity index (χ3v) is 4.10. The highest BCUT2D eigenvalue weighted by Gasteiger charge is 2.31. The van der Waals surface area contributed by atoms with E-state index in [4.69, 9.17) is 4.42 Å². The van der Waals surface area contributed by atoms with Crippen molar-refractivity contribution in [1.82, 2.24) is 5.32 Å². The van der Waals surface area contributed by atoms with Gasteiger partial charge in [-0.25, -0.2) is 0 Å². The van der Waals surface area contributed by atoms with Gasteiger partial charge < -0.3 is 14.8 Å². The Hall–Kier alpha value is -1.30. The second kappa shape index (κ2) is 6.23. The lowest BCUT2D eigenvalue weighted by atomic mass is 9.95. The van der Waals surface area contributed by atoms with Gasteiger partial charge in [0, 0.05) is 6.04 Å². The zero-order chi connectivity index (χ0) is 13.8. The van der Waals surface area contributed by atoms with Gasteiger partial charge in [0.15, 0.2) is 0 Å². The maximum absolute atomic E-state index is 12.0. The van der Waals surface area contributed by atoms with Crippen LogP contribution in [0.25, 0.3) is 0 Å². The minimum Gasteiger partial charge on any atom is -0.481 e. The number of carboxylic acids is 1. The van der Waals surface area contributed by atoms with Crippen LogP contribution in [-0.2, 0) is 4.79 Å². The Morgan fingerprint density at radius 3 is 2.68 bits per heavy atom. The molecule has 1 heterocycles. The monoisotopic (exact) mass is 329 g/mol. The third kappa shape index (κ3) is 3.37. The number of hydrogen-bond donors (Lipinski definition) is 2. The first kappa shape index (κ1) is 14.1. The summed E-state index contributed by atoms with van der Waals surface area (Å²) in [6.07, 6.45) is 5.57. The minimum atomic E-state index is -0.842. The molecule has 2 N–H and O–H groups in total. The highest BCUT2D eigenvalue weighted by atomic mass is 79.9. The number of nitrogens with one attached hydrogen (secondary N) is 1. The summed E-state index contributed by atoms with van der Waals surface area (Å²) in [6.45, 7) is 0. The average molecular weight is 330 g/mol. The lowest BCUT2D eigenvalue weighted by molar-refractivity contribution is -0.142. The van der Waals surface area contributed by atoms with Crippen molar-refractivity contribution in [3.05, 3.63) is 22.6 Å². The largest absolute Gasteiger partial charge is 0.481 e. The molecule has 0 saturated heterocycles. The number of halogens is 1. The molecule has 104 valence electrons. The molecule has 5 nitrogen and oxygen atoms in total. The lowest BCUT2D eigenvalue weighted by Gasteiger charge is -2.22. The van der Waals surface area contributed by atoms with Gasteiger partial charge in [-0.05, 0) is 34.8 Å². The van der Waals surface area contributed by atoms with Crippen LogP contribution in [0.5, 0.6) is 0 Å². The van der Waals surface area contributed by atoms with Gasteiger partial charge in [0.2, 0.25) is 5.76 Å². The maximum Gasteiger partial charge on any atom is 0.308 e. The van der Waals surface area contributed by atoms with Crippen LogP contribution >= 0.6 is 15.9 Å². The Bertz CT molecular complexity index is 471. The Morgan fingerprint density at radius 2 is 2.05 bits per heavy atom. The molecule has 1 amide bonds. The van der Waals surface area contributed by atoms with Crippen LogP contribution < -0.4 is 5.32 Å². The van der Waals surface area contributed by atoms with Crippen LogP contribution in [0.2, 0.25) is 0 Å². The SMILES string of the molecule is O=C(N[C@H]1CCCCC[C@H]1C(=O)O)c1occc1Br. The molecule has 0 bridgehead atoms. The van der Waals surface area contributed by atoms with Crippen molar-refractivity contribution >= 4 is 27.8 Å². The first-order chi connectivity index (χ1) is 9.09. The van der Waals surface area contributed by atoms with Crippen molar-refractivity contribution in [3.63, 3.8) is 0 Å². The van der Waals surface area contributed by atoms with Gasteiger partial charge in [-0.1, -0.05) is 19.3 Å². The zero-order valence-corrected chi connectivity index (χ0v) is 12.0. The maximum atomic E-state index is 12.0. The average Bonchev–Trinajstić information content (AvgIpc) is 2.65. The zero-order valence-electron chi connectivity index (χ0n) is 10.4. The topological polar surface area (TPSA) is 79.5 Å². The molecule has 1 saturated carbocycles. The number of carbonyl (C=O) groups is 2. The van der Waals surface area contributed by atoms with Crippen molar-refractivity contribution < 1.29 is 19.1 Å². The van der Waals surface area contributed by atoms with Crippen molar-refractivity contribution in [2.45, 2.75) is 38.1 Å². The molecular weight excluding hydrogens is 314 g/mol. The molecular formula is C13H16BrNO4. The summed E-state index contributed by atoms with van der Waals surface area (Å²) < 4.78 is 5.66. The van der Waals surface area contributed by atoms with Crippen LogP contribution in [0.1, 0.15) is 42.7 Å². The second-order valence-corrected chi connectivity index (χ2v) is 5.61. The van der Waals surface area contributed by atoms with Gasteiger partial charge in [-0.15, -0.1) is 0 Å². The van der Waals surface area contributed by atoms with E-state index in [0.29, 0.717) is 17.3 Å². The highest BCUT2D eigenvalue weighted by molar-refractivity contribution is 9.10. The van der Waals surface area contributed by atoms with E-state index in [1.165, 1.54) is 6.26 Å².